The monoisotopic (exact) mass is 303 g/mol. The van der Waals surface area contributed by atoms with E-state index in [1.54, 1.807) is 0 Å². The van der Waals surface area contributed by atoms with E-state index in [9.17, 15) is 18.7 Å². The van der Waals surface area contributed by atoms with Crippen molar-refractivity contribution in [1.82, 2.24) is 0 Å². The molecule has 1 rings (SSSR count). The van der Waals surface area contributed by atoms with E-state index in [4.69, 9.17) is 15.6 Å². The van der Waals surface area contributed by atoms with E-state index in [1.165, 1.54) is 27.9 Å². The molecule has 1 atom stereocenters. The number of rotatable bonds is 5. The Labute approximate surface area is 121 Å². The molecule has 0 saturated carbocycles. The zero-order chi connectivity index (χ0) is 16.5. The van der Waals surface area contributed by atoms with Crippen molar-refractivity contribution in [2.24, 2.45) is 5.73 Å². The minimum absolute atomic E-state index is 0.0787. The number of nitrogens with two attached hydrogens (primary N) is 1. The average Bonchev–Trinajstić information content (AvgIpc) is 2.34. The van der Waals surface area contributed by atoms with Crippen LogP contribution in [0, 0.1) is 18.6 Å². The van der Waals surface area contributed by atoms with Crippen LogP contribution in [0.2, 0.25) is 0 Å². The smallest absolute Gasteiger partial charge is 0.320 e. The summed E-state index contributed by atoms with van der Waals surface area (Å²) in [6.45, 7) is 4.24. The molecule has 0 aliphatic carbocycles. The van der Waals surface area contributed by atoms with Crippen LogP contribution in [0.4, 0.5) is 8.78 Å². The van der Waals surface area contributed by atoms with E-state index < -0.39 is 35.7 Å². The number of hydrogen-bond donors (Lipinski definition) is 3. The van der Waals surface area contributed by atoms with Crippen LogP contribution >= 0.6 is 0 Å². The van der Waals surface area contributed by atoms with Gasteiger partial charge in [0.05, 0.1) is 12.7 Å². The summed E-state index contributed by atoms with van der Waals surface area (Å²) >= 11 is 0. The summed E-state index contributed by atoms with van der Waals surface area (Å²) in [5, 5.41) is 19.0. The second-order valence-corrected chi connectivity index (χ2v) is 5.35. The van der Waals surface area contributed by atoms with Crippen LogP contribution in [-0.4, -0.2) is 29.3 Å². The fraction of sp³-hybridized carbons (Fsp3) is 0.500. The Morgan fingerprint density at radius 1 is 1.38 bits per heavy atom. The first kappa shape index (κ1) is 17.3. The van der Waals surface area contributed by atoms with E-state index in [0.29, 0.717) is 0 Å². The first-order valence-corrected chi connectivity index (χ1v) is 6.28. The Morgan fingerprint density at radius 3 is 2.29 bits per heavy atom. The molecule has 0 heterocycles. The predicted octanol–water partition coefficient (Wildman–Crippen LogP) is 1.46. The Balaban J connectivity index is 3.64. The van der Waals surface area contributed by atoms with E-state index in [-0.39, 0.29) is 22.4 Å². The summed E-state index contributed by atoms with van der Waals surface area (Å²) in [4.78, 5) is 10.8. The highest BCUT2D eigenvalue weighted by molar-refractivity contribution is 5.73. The molecule has 0 fully saturated rings. The lowest BCUT2D eigenvalue weighted by Crippen LogP contribution is -2.34. The number of hydrogen-bond acceptors (Lipinski definition) is 4. The van der Waals surface area contributed by atoms with Crippen LogP contribution < -0.4 is 10.5 Å². The van der Waals surface area contributed by atoms with Crippen LogP contribution in [0.15, 0.2) is 0 Å². The molecular formula is C14H19F2NO4. The summed E-state index contributed by atoms with van der Waals surface area (Å²) in [6, 6.07) is -1.41. The van der Waals surface area contributed by atoms with Crippen LogP contribution in [-0.2, 0) is 16.8 Å². The van der Waals surface area contributed by atoms with Gasteiger partial charge in [0.2, 0.25) is 5.82 Å². The maximum absolute atomic E-state index is 14.2. The highest BCUT2D eigenvalue weighted by atomic mass is 19.2. The Morgan fingerprint density at radius 2 is 1.90 bits per heavy atom. The number of carboxylic acids is 1. The zero-order valence-electron chi connectivity index (χ0n) is 12.3. The van der Waals surface area contributed by atoms with Crippen LogP contribution in [0.25, 0.3) is 0 Å². The zero-order valence-corrected chi connectivity index (χ0v) is 12.3. The van der Waals surface area contributed by atoms with Crippen molar-refractivity contribution in [2.45, 2.75) is 38.8 Å². The second-order valence-electron chi connectivity index (χ2n) is 5.35. The molecule has 0 aromatic heterocycles. The van der Waals surface area contributed by atoms with Crippen molar-refractivity contribution in [3.63, 3.8) is 0 Å². The van der Waals surface area contributed by atoms with Gasteiger partial charge in [0.15, 0.2) is 11.6 Å². The third-order valence-electron chi connectivity index (χ3n) is 3.23. The molecular weight excluding hydrogens is 284 g/mol. The van der Waals surface area contributed by atoms with Gasteiger partial charge in [-0.1, -0.05) is 0 Å². The molecule has 0 saturated heterocycles. The molecule has 4 N–H and O–H groups in total. The predicted molar refractivity (Wildman–Crippen MR) is 72.2 cm³/mol. The SMILES string of the molecule is COc1c(C)c(C(C)(C)O)c(CC(N)C(=O)O)c(F)c1F. The van der Waals surface area contributed by atoms with Crippen LogP contribution in [0.1, 0.15) is 30.5 Å². The lowest BCUT2D eigenvalue weighted by Gasteiger charge is -2.27. The van der Waals surface area contributed by atoms with Gasteiger partial charge < -0.3 is 20.7 Å². The number of aliphatic carboxylic acids is 1. The maximum Gasteiger partial charge on any atom is 0.320 e. The topological polar surface area (TPSA) is 92.8 Å². The molecule has 0 spiro atoms. The third kappa shape index (κ3) is 3.30. The number of benzene rings is 1. The van der Waals surface area contributed by atoms with Crippen molar-refractivity contribution >= 4 is 5.97 Å². The minimum Gasteiger partial charge on any atom is -0.493 e. The van der Waals surface area contributed by atoms with Gasteiger partial charge in [-0.15, -0.1) is 0 Å². The first-order chi connectivity index (χ1) is 9.52. The van der Waals surface area contributed by atoms with E-state index in [0.717, 1.165) is 0 Å². The number of halogens is 2. The number of carbonyl (C=O) groups is 1. The van der Waals surface area contributed by atoms with Gasteiger partial charge in [0, 0.05) is 12.0 Å². The largest absolute Gasteiger partial charge is 0.493 e. The summed E-state index contributed by atoms with van der Waals surface area (Å²) < 4.78 is 33.0. The number of aliphatic hydroxyl groups is 1. The van der Waals surface area contributed by atoms with Gasteiger partial charge in [-0.25, -0.2) is 4.39 Å². The molecule has 5 nitrogen and oxygen atoms in total. The average molecular weight is 303 g/mol. The van der Waals surface area contributed by atoms with Crippen LogP contribution in [0.3, 0.4) is 0 Å². The number of carboxylic acid groups (broad SMARTS) is 1. The van der Waals surface area contributed by atoms with Gasteiger partial charge in [-0.3, -0.25) is 4.79 Å². The molecule has 0 aliphatic rings. The molecule has 21 heavy (non-hydrogen) atoms. The second kappa shape index (κ2) is 5.95. The Hall–Kier alpha value is -1.73. The molecule has 1 unspecified atom stereocenters. The van der Waals surface area contributed by atoms with Crippen molar-refractivity contribution in [3.8, 4) is 5.75 Å². The quantitative estimate of drug-likeness (QED) is 0.766. The van der Waals surface area contributed by atoms with E-state index in [2.05, 4.69) is 0 Å². The molecule has 1 aromatic rings. The molecule has 1 aromatic carbocycles. The van der Waals surface area contributed by atoms with Crippen LogP contribution in [0.5, 0.6) is 5.75 Å². The fourth-order valence-electron chi connectivity index (χ4n) is 2.42. The van der Waals surface area contributed by atoms with Gasteiger partial charge >= 0.3 is 5.97 Å². The summed E-state index contributed by atoms with van der Waals surface area (Å²) in [7, 11) is 1.18. The summed E-state index contributed by atoms with van der Waals surface area (Å²) in [6.07, 6.45) is -0.442. The highest BCUT2D eigenvalue weighted by Crippen LogP contribution is 2.37. The molecule has 0 bridgehead atoms. The molecule has 7 heteroatoms. The van der Waals surface area contributed by atoms with Crippen molar-refractivity contribution in [1.29, 1.82) is 0 Å². The first-order valence-electron chi connectivity index (χ1n) is 6.28. The van der Waals surface area contributed by atoms with Crippen molar-refractivity contribution in [2.75, 3.05) is 7.11 Å². The van der Waals surface area contributed by atoms with Gasteiger partial charge in [-0.05, 0) is 31.9 Å². The molecule has 118 valence electrons. The number of methoxy groups -OCH3 is 1. The van der Waals surface area contributed by atoms with E-state index >= 15 is 0 Å². The summed E-state index contributed by atoms with van der Waals surface area (Å²) in [5.41, 5.74) is 3.91. The molecule has 0 radical (unpaired) electrons. The van der Waals surface area contributed by atoms with Crippen molar-refractivity contribution in [3.05, 3.63) is 28.3 Å². The Bertz CT molecular complexity index is 567. The minimum atomic E-state index is -1.51. The Kier molecular flexibility index (Phi) is 4.91. The van der Waals surface area contributed by atoms with E-state index in [1.807, 2.05) is 0 Å². The lowest BCUT2D eigenvalue weighted by atomic mass is 9.85. The normalized spacial score (nSPS) is 13.1. The fourth-order valence-corrected chi connectivity index (χ4v) is 2.42. The molecule has 0 aliphatic heterocycles. The van der Waals surface area contributed by atoms with Gasteiger partial charge in [-0.2, -0.15) is 4.39 Å². The number of ether oxygens (including phenoxy) is 1. The molecule has 0 amide bonds. The highest BCUT2D eigenvalue weighted by Gasteiger charge is 2.32. The maximum atomic E-state index is 14.2. The van der Waals surface area contributed by atoms with Gasteiger partial charge in [0.1, 0.15) is 6.04 Å². The lowest BCUT2D eigenvalue weighted by molar-refractivity contribution is -0.138. The third-order valence-corrected chi connectivity index (χ3v) is 3.23. The standard InChI is InChI=1S/C14H19F2NO4/c1-6-9(14(2,3)20)7(5-8(17)13(18)19)10(15)11(16)12(6)21-4/h8,20H,5,17H2,1-4H3,(H,18,19). The summed E-state index contributed by atoms with van der Waals surface area (Å²) in [5.74, 6) is -4.15. The van der Waals surface area contributed by atoms with Crippen molar-refractivity contribution < 1.29 is 28.5 Å². The van der Waals surface area contributed by atoms with Gasteiger partial charge in [0.25, 0.3) is 0 Å².